The van der Waals surface area contributed by atoms with Crippen LogP contribution in [0.1, 0.15) is 47.2 Å². The van der Waals surface area contributed by atoms with Crippen LogP contribution in [-0.2, 0) is 13.2 Å². The molecular weight excluding hydrogens is 406 g/mol. The lowest BCUT2D eigenvalue weighted by Crippen LogP contribution is -2.12. The quantitative estimate of drug-likeness (QED) is 0.457. The van der Waals surface area contributed by atoms with E-state index in [-0.39, 0.29) is 18.6 Å². The molecule has 1 amide bonds. The molecule has 0 saturated carbocycles. The molecule has 0 aliphatic carbocycles. The Bertz CT molecular complexity index is 1210. The standard InChI is InChI=1S/C23H25N7O2/c1-16(2)30-22(26-27-28-30)15-32-21-9-5-8-19(11-21)23(31)25-20-12-24-29(14-20)13-18-7-4-6-17(3)10-18/h4-12,14,16H,13,15H2,1-3H3,(H,25,31). The third-order valence-electron chi connectivity index (χ3n) is 4.83. The van der Waals surface area contributed by atoms with Crippen molar-refractivity contribution in [3.05, 3.63) is 83.4 Å². The number of nitrogens with zero attached hydrogens (tertiary/aromatic N) is 6. The molecule has 4 rings (SSSR count). The van der Waals surface area contributed by atoms with Crippen LogP contribution in [0.25, 0.3) is 0 Å². The maximum Gasteiger partial charge on any atom is 0.255 e. The van der Waals surface area contributed by atoms with E-state index in [1.54, 1.807) is 39.8 Å². The molecule has 2 heterocycles. The molecule has 1 N–H and O–H groups in total. The molecule has 0 radical (unpaired) electrons. The predicted molar refractivity (Wildman–Crippen MR) is 119 cm³/mol. The number of carbonyl (C=O) groups is 1. The summed E-state index contributed by atoms with van der Waals surface area (Å²) in [5, 5.41) is 18.9. The van der Waals surface area contributed by atoms with Crippen LogP contribution in [0, 0.1) is 6.92 Å². The number of tetrazole rings is 1. The summed E-state index contributed by atoms with van der Waals surface area (Å²) < 4.78 is 9.30. The second kappa shape index (κ2) is 9.42. The first-order valence-corrected chi connectivity index (χ1v) is 10.4. The summed E-state index contributed by atoms with van der Waals surface area (Å²) in [6.07, 6.45) is 3.45. The van der Waals surface area contributed by atoms with Gasteiger partial charge in [0.25, 0.3) is 5.91 Å². The molecule has 2 aromatic heterocycles. The van der Waals surface area contributed by atoms with Crippen LogP contribution >= 0.6 is 0 Å². The first-order chi connectivity index (χ1) is 15.5. The van der Waals surface area contributed by atoms with Gasteiger partial charge in [-0.05, 0) is 55.0 Å². The van der Waals surface area contributed by atoms with Crippen molar-refractivity contribution in [2.75, 3.05) is 5.32 Å². The second-order valence-electron chi connectivity index (χ2n) is 7.82. The number of amides is 1. The van der Waals surface area contributed by atoms with Gasteiger partial charge in [-0.2, -0.15) is 5.10 Å². The van der Waals surface area contributed by atoms with Gasteiger partial charge in [0.2, 0.25) is 0 Å². The summed E-state index contributed by atoms with van der Waals surface area (Å²) in [6, 6.07) is 15.4. The van der Waals surface area contributed by atoms with Gasteiger partial charge >= 0.3 is 0 Å². The van der Waals surface area contributed by atoms with Crippen molar-refractivity contribution in [1.82, 2.24) is 30.0 Å². The Morgan fingerprint density at radius 1 is 1.16 bits per heavy atom. The molecule has 9 heteroatoms. The van der Waals surface area contributed by atoms with E-state index in [0.717, 1.165) is 5.56 Å². The lowest BCUT2D eigenvalue weighted by Gasteiger charge is -2.10. The fourth-order valence-corrected chi connectivity index (χ4v) is 3.30. The molecule has 0 aliphatic rings. The Kier molecular flexibility index (Phi) is 6.25. The number of nitrogens with one attached hydrogen (secondary N) is 1. The van der Waals surface area contributed by atoms with Crippen molar-refractivity contribution in [3.8, 4) is 5.75 Å². The van der Waals surface area contributed by atoms with Gasteiger partial charge in [0.05, 0.1) is 24.5 Å². The molecule has 0 aliphatic heterocycles. The molecule has 2 aromatic carbocycles. The molecule has 0 unspecified atom stereocenters. The van der Waals surface area contributed by atoms with Crippen molar-refractivity contribution in [2.45, 2.75) is 40.0 Å². The van der Waals surface area contributed by atoms with Crippen LogP contribution < -0.4 is 10.1 Å². The van der Waals surface area contributed by atoms with E-state index in [2.05, 4.69) is 51.1 Å². The first kappa shape index (κ1) is 21.2. The number of aryl methyl sites for hydroxylation is 1. The normalized spacial score (nSPS) is 11.0. The van der Waals surface area contributed by atoms with E-state index in [0.29, 0.717) is 29.4 Å². The first-order valence-electron chi connectivity index (χ1n) is 10.4. The Labute approximate surface area is 186 Å². The number of hydrogen-bond donors (Lipinski definition) is 1. The smallest absolute Gasteiger partial charge is 0.255 e. The third-order valence-corrected chi connectivity index (χ3v) is 4.83. The number of anilines is 1. The van der Waals surface area contributed by atoms with E-state index in [9.17, 15) is 4.79 Å². The lowest BCUT2D eigenvalue weighted by atomic mass is 10.1. The van der Waals surface area contributed by atoms with Gasteiger partial charge in [0.1, 0.15) is 12.4 Å². The maximum absolute atomic E-state index is 12.7. The van der Waals surface area contributed by atoms with Crippen LogP contribution in [0.4, 0.5) is 5.69 Å². The van der Waals surface area contributed by atoms with E-state index in [1.165, 1.54) is 5.56 Å². The number of carbonyl (C=O) groups excluding carboxylic acids is 1. The molecule has 9 nitrogen and oxygen atoms in total. The molecule has 4 aromatic rings. The maximum atomic E-state index is 12.7. The molecule has 164 valence electrons. The van der Waals surface area contributed by atoms with Gasteiger partial charge in [0.15, 0.2) is 5.82 Å². The SMILES string of the molecule is Cc1cccc(Cn2cc(NC(=O)c3cccc(OCc4nnnn4C(C)C)c3)cn2)c1. The molecule has 0 spiro atoms. The van der Waals surface area contributed by atoms with E-state index in [4.69, 9.17) is 4.74 Å². The summed E-state index contributed by atoms with van der Waals surface area (Å²) in [4.78, 5) is 12.7. The Balaban J connectivity index is 1.38. The van der Waals surface area contributed by atoms with Crippen LogP contribution in [-0.4, -0.2) is 35.9 Å². The third kappa shape index (κ3) is 5.18. The molecule has 0 fully saturated rings. The van der Waals surface area contributed by atoms with Crippen LogP contribution in [0.3, 0.4) is 0 Å². The van der Waals surface area contributed by atoms with Gasteiger partial charge in [-0.3, -0.25) is 9.48 Å². The minimum atomic E-state index is -0.238. The summed E-state index contributed by atoms with van der Waals surface area (Å²) in [5.41, 5.74) is 3.47. The largest absolute Gasteiger partial charge is 0.486 e. The van der Waals surface area contributed by atoms with Crippen LogP contribution in [0.2, 0.25) is 0 Å². The molecule has 32 heavy (non-hydrogen) atoms. The highest BCUT2D eigenvalue weighted by atomic mass is 16.5. The van der Waals surface area contributed by atoms with Crippen LogP contribution in [0.15, 0.2) is 60.9 Å². The van der Waals surface area contributed by atoms with Crippen molar-refractivity contribution < 1.29 is 9.53 Å². The highest BCUT2D eigenvalue weighted by molar-refractivity contribution is 6.04. The minimum absolute atomic E-state index is 0.132. The van der Waals surface area contributed by atoms with E-state index >= 15 is 0 Å². The van der Waals surface area contributed by atoms with Crippen molar-refractivity contribution in [1.29, 1.82) is 0 Å². The zero-order chi connectivity index (χ0) is 22.5. The average Bonchev–Trinajstić information content (AvgIpc) is 3.42. The van der Waals surface area contributed by atoms with Crippen molar-refractivity contribution in [3.63, 3.8) is 0 Å². The Morgan fingerprint density at radius 2 is 2.00 bits per heavy atom. The van der Waals surface area contributed by atoms with Gasteiger partial charge in [-0.15, -0.1) is 5.10 Å². The highest BCUT2D eigenvalue weighted by Gasteiger charge is 2.12. The van der Waals surface area contributed by atoms with E-state index < -0.39 is 0 Å². The predicted octanol–water partition coefficient (Wildman–Crippen LogP) is 3.64. The Morgan fingerprint density at radius 3 is 2.81 bits per heavy atom. The summed E-state index contributed by atoms with van der Waals surface area (Å²) >= 11 is 0. The molecule has 0 bridgehead atoms. The summed E-state index contributed by atoms with van der Waals surface area (Å²) in [6.45, 7) is 6.89. The zero-order valence-electron chi connectivity index (χ0n) is 18.3. The van der Waals surface area contributed by atoms with Crippen molar-refractivity contribution in [2.24, 2.45) is 0 Å². The average molecular weight is 432 g/mol. The van der Waals surface area contributed by atoms with Gasteiger partial charge < -0.3 is 10.1 Å². The molecule has 0 saturated heterocycles. The number of ether oxygens (including phenoxy) is 1. The number of hydrogen-bond acceptors (Lipinski definition) is 6. The highest BCUT2D eigenvalue weighted by Crippen LogP contribution is 2.17. The summed E-state index contributed by atoms with van der Waals surface area (Å²) in [7, 11) is 0. The number of aromatic nitrogens is 6. The molecule has 0 atom stereocenters. The monoisotopic (exact) mass is 431 g/mol. The van der Waals surface area contributed by atoms with Crippen LogP contribution in [0.5, 0.6) is 5.75 Å². The van der Waals surface area contributed by atoms with Gasteiger partial charge in [-0.25, -0.2) is 4.68 Å². The zero-order valence-corrected chi connectivity index (χ0v) is 18.3. The number of benzene rings is 2. The Hall–Kier alpha value is -4.01. The fraction of sp³-hybridized carbons (Fsp3) is 0.261. The van der Waals surface area contributed by atoms with E-state index in [1.807, 2.05) is 26.1 Å². The van der Waals surface area contributed by atoms with Gasteiger partial charge in [0, 0.05) is 11.8 Å². The molecular formula is C23H25N7O2. The second-order valence-corrected chi connectivity index (χ2v) is 7.82. The topological polar surface area (TPSA) is 99.8 Å². The lowest BCUT2D eigenvalue weighted by molar-refractivity contribution is 0.102. The van der Waals surface area contributed by atoms with Gasteiger partial charge in [-0.1, -0.05) is 35.9 Å². The fourth-order valence-electron chi connectivity index (χ4n) is 3.30. The minimum Gasteiger partial charge on any atom is -0.486 e. The van der Waals surface area contributed by atoms with Crippen molar-refractivity contribution >= 4 is 11.6 Å². The summed E-state index contributed by atoms with van der Waals surface area (Å²) in [5.74, 6) is 0.944. The number of rotatable bonds is 8.